The molecule has 0 bridgehead atoms. The highest BCUT2D eigenvalue weighted by Crippen LogP contribution is 2.25. The van der Waals surface area contributed by atoms with Gasteiger partial charge in [-0.3, -0.25) is 0 Å². The summed E-state index contributed by atoms with van der Waals surface area (Å²) in [6.45, 7) is 3.85. The lowest BCUT2D eigenvalue weighted by molar-refractivity contribution is 0.0465. The quantitative estimate of drug-likeness (QED) is 0.504. The van der Waals surface area contributed by atoms with Gasteiger partial charge >= 0.3 is 5.97 Å². The Labute approximate surface area is 166 Å². The van der Waals surface area contributed by atoms with Crippen molar-refractivity contribution in [1.29, 1.82) is 0 Å². The molecule has 27 heavy (non-hydrogen) atoms. The molecule has 7 heteroatoms. The fourth-order valence-corrected chi connectivity index (χ4v) is 2.94. The largest absolute Gasteiger partial charge is 0.488 e. The summed E-state index contributed by atoms with van der Waals surface area (Å²) in [6, 6.07) is 12.0. The van der Waals surface area contributed by atoms with E-state index >= 15 is 0 Å². The van der Waals surface area contributed by atoms with E-state index in [0.717, 1.165) is 11.1 Å². The molecule has 1 aromatic heterocycles. The molecule has 0 radical (unpaired) electrons. The van der Waals surface area contributed by atoms with Gasteiger partial charge in [-0.05, 0) is 38.1 Å². The Hall–Kier alpha value is -2.50. The van der Waals surface area contributed by atoms with Gasteiger partial charge in [0.05, 0.1) is 11.3 Å². The second-order valence-corrected chi connectivity index (χ2v) is 6.74. The van der Waals surface area contributed by atoms with E-state index in [2.05, 4.69) is 5.16 Å². The second-order valence-electron chi connectivity index (χ2n) is 5.90. The van der Waals surface area contributed by atoms with Gasteiger partial charge in [0, 0.05) is 15.6 Å². The van der Waals surface area contributed by atoms with Crippen LogP contribution in [0.1, 0.15) is 32.9 Å². The van der Waals surface area contributed by atoms with Crippen LogP contribution in [0.15, 0.2) is 47.0 Å². The number of aryl methyl sites for hydroxylation is 2. The van der Waals surface area contributed by atoms with Crippen LogP contribution in [0.5, 0.6) is 5.75 Å². The Kier molecular flexibility index (Phi) is 6.04. The number of ether oxygens (including phenoxy) is 2. The lowest BCUT2D eigenvalue weighted by Crippen LogP contribution is -2.09. The van der Waals surface area contributed by atoms with E-state index in [-0.39, 0.29) is 13.2 Å². The maximum atomic E-state index is 12.5. The normalized spacial score (nSPS) is 10.7. The van der Waals surface area contributed by atoms with E-state index in [4.69, 9.17) is 37.2 Å². The minimum atomic E-state index is -0.493. The van der Waals surface area contributed by atoms with E-state index in [1.807, 2.05) is 0 Å². The molecule has 0 saturated heterocycles. The van der Waals surface area contributed by atoms with E-state index < -0.39 is 5.97 Å². The lowest BCUT2D eigenvalue weighted by Gasteiger charge is -2.12. The van der Waals surface area contributed by atoms with Gasteiger partial charge in [0.15, 0.2) is 0 Å². The molecule has 0 saturated carbocycles. The van der Waals surface area contributed by atoms with Crippen molar-refractivity contribution >= 4 is 29.2 Å². The Balaban J connectivity index is 1.70. The van der Waals surface area contributed by atoms with Crippen molar-refractivity contribution in [2.24, 2.45) is 0 Å². The van der Waals surface area contributed by atoms with Crippen LogP contribution in [-0.4, -0.2) is 11.1 Å². The maximum absolute atomic E-state index is 12.5. The van der Waals surface area contributed by atoms with Gasteiger partial charge in [-0.1, -0.05) is 46.6 Å². The van der Waals surface area contributed by atoms with E-state index in [0.29, 0.717) is 32.8 Å². The minimum Gasteiger partial charge on any atom is -0.488 e. The van der Waals surface area contributed by atoms with Gasteiger partial charge in [0.2, 0.25) is 0 Å². The molecule has 2 aromatic carbocycles. The summed E-state index contributed by atoms with van der Waals surface area (Å²) in [5, 5.41) is 4.90. The van der Waals surface area contributed by atoms with Crippen LogP contribution >= 0.6 is 23.2 Å². The number of halogens is 2. The zero-order chi connectivity index (χ0) is 19.4. The standard InChI is InChI=1S/C20H17Cl2NO4/c1-12-17(13(2)27-23-12)11-26-20(24)16-5-3-4-6-19(16)25-10-14-7-8-15(21)9-18(14)22/h3-9H,10-11H2,1-2H3. The highest BCUT2D eigenvalue weighted by molar-refractivity contribution is 6.35. The fourth-order valence-electron chi connectivity index (χ4n) is 2.48. The zero-order valence-corrected chi connectivity index (χ0v) is 16.3. The Morgan fingerprint density at radius 1 is 1.11 bits per heavy atom. The molecule has 0 aliphatic carbocycles. The van der Waals surface area contributed by atoms with E-state index in [1.165, 1.54) is 0 Å². The van der Waals surface area contributed by atoms with Crippen LogP contribution < -0.4 is 4.74 Å². The van der Waals surface area contributed by atoms with Gasteiger partial charge in [0.25, 0.3) is 0 Å². The molecule has 3 rings (SSSR count). The number of esters is 1. The highest BCUT2D eigenvalue weighted by Gasteiger charge is 2.17. The molecule has 140 valence electrons. The molecule has 5 nitrogen and oxygen atoms in total. The minimum absolute atomic E-state index is 0.0807. The van der Waals surface area contributed by atoms with Gasteiger partial charge in [-0.2, -0.15) is 0 Å². The lowest BCUT2D eigenvalue weighted by atomic mass is 10.2. The van der Waals surface area contributed by atoms with Crippen molar-refractivity contribution in [2.75, 3.05) is 0 Å². The summed E-state index contributed by atoms with van der Waals surface area (Å²) in [5.41, 5.74) is 2.55. The number of benzene rings is 2. The molecule has 0 fully saturated rings. The molecule has 3 aromatic rings. The third kappa shape index (κ3) is 4.62. The number of aromatic nitrogens is 1. The van der Waals surface area contributed by atoms with Crippen molar-refractivity contribution in [1.82, 2.24) is 5.16 Å². The third-order valence-corrected chi connectivity index (χ3v) is 4.62. The van der Waals surface area contributed by atoms with Gasteiger partial charge in [-0.15, -0.1) is 0 Å². The number of hydrogen-bond donors (Lipinski definition) is 0. The van der Waals surface area contributed by atoms with Crippen molar-refractivity contribution in [2.45, 2.75) is 27.1 Å². The summed E-state index contributed by atoms with van der Waals surface area (Å²) in [4.78, 5) is 12.5. The summed E-state index contributed by atoms with van der Waals surface area (Å²) in [5.74, 6) is 0.544. The molecule has 0 aliphatic heterocycles. The summed E-state index contributed by atoms with van der Waals surface area (Å²) in [6.07, 6.45) is 0. The van der Waals surface area contributed by atoms with Crippen LogP contribution in [0.4, 0.5) is 0 Å². The molecule has 0 aliphatic rings. The molecule has 0 unspecified atom stereocenters. The van der Waals surface area contributed by atoms with E-state index in [9.17, 15) is 4.79 Å². The van der Waals surface area contributed by atoms with Crippen LogP contribution in [0.25, 0.3) is 0 Å². The van der Waals surface area contributed by atoms with Crippen molar-refractivity contribution < 1.29 is 18.8 Å². The van der Waals surface area contributed by atoms with Crippen LogP contribution in [0.2, 0.25) is 10.0 Å². The average Bonchev–Trinajstić information content (AvgIpc) is 2.97. The Bertz CT molecular complexity index is 949. The number of nitrogens with zero attached hydrogens (tertiary/aromatic N) is 1. The first-order chi connectivity index (χ1) is 13.0. The number of rotatable bonds is 6. The third-order valence-electron chi connectivity index (χ3n) is 4.03. The zero-order valence-electron chi connectivity index (χ0n) is 14.8. The van der Waals surface area contributed by atoms with Gasteiger partial charge in [-0.25, -0.2) is 4.79 Å². The second kappa shape index (κ2) is 8.46. The van der Waals surface area contributed by atoms with Crippen molar-refractivity contribution in [3.63, 3.8) is 0 Å². The predicted molar refractivity (Wildman–Crippen MR) is 102 cm³/mol. The monoisotopic (exact) mass is 405 g/mol. The Morgan fingerprint density at radius 2 is 1.89 bits per heavy atom. The summed E-state index contributed by atoms with van der Waals surface area (Å²) in [7, 11) is 0. The number of hydrogen-bond acceptors (Lipinski definition) is 5. The summed E-state index contributed by atoms with van der Waals surface area (Å²) >= 11 is 12.1. The van der Waals surface area contributed by atoms with Crippen molar-refractivity contribution in [3.05, 3.63) is 80.7 Å². The topological polar surface area (TPSA) is 61.6 Å². The number of para-hydroxylation sites is 1. The smallest absolute Gasteiger partial charge is 0.342 e. The van der Waals surface area contributed by atoms with Crippen LogP contribution in [-0.2, 0) is 18.0 Å². The predicted octanol–water partition coefficient (Wildman–Crippen LogP) is 5.53. The van der Waals surface area contributed by atoms with Gasteiger partial charge in [0.1, 0.15) is 30.3 Å². The van der Waals surface area contributed by atoms with Crippen LogP contribution in [0.3, 0.4) is 0 Å². The first-order valence-electron chi connectivity index (χ1n) is 8.20. The van der Waals surface area contributed by atoms with E-state index in [1.54, 1.807) is 56.3 Å². The molecular weight excluding hydrogens is 389 g/mol. The molecule has 0 spiro atoms. The average molecular weight is 406 g/mol. The first-order valence-corrected chi connectivity index (χ1v) is 8.96. The Morgan fingerprint density at radius 3 is 2.59 bits per heavy atom. The highest BCUT2D eigenvalue weighted by atomic mass is 35.5. The molecule has 0 amide bonds. The fraction of sp³-hybridized carbons (Fsp3) is 0.200. The SMILES string of the molecule is Cc1noc(C)c1COC(=O)c1ccccc1OCc1ccc(Cl)cc1Cl. The molecule has 0 atom stereocenters. The summed E-state index contributed by atoms with van der Waals surface area (Å²) < 4.78 is 16.3. The molecule has 1 heterocycles. The molecule has 0 N–H and O–H groups in total. The maximum Gasteiger partial charge on any atom is 0.342 e. The van der Waals surface area contributed by atoms with Gasteiger partial charge < -0.3 is 14.0 Å². The van der Waals surface area contributed by atoms with Crippen molar-refractivity contribution in [3.8, 4) is 5.75 Å². The first kappa shape index (κ1) is 19.3. The molecular formula is C20H17Cl2NO4. The number of carbonyl (C=O) groups excluding carboxylic acids is 1. The number of carbonyl (C=O) groups is 1. The van der Waals surface area contributed by atoms with Crippen LogP contribution in [0, 0.1) is 13.8 Å².